The predicted molar refractivity (Wildman–Crippen MR) is 245 cm³/mol. The number of aromatic nitrogens is 5. The van der Waals surface area contributed by atoms with Gasteiger partial charge in [-0.15, -0.1) is 0 Å². The Morgan fingerprint density at radius 1 is 0.934 bits per heavy atom. The Bertz CT molecular complexity index is 3500. The number of benzene rings is 2. The number of carbonyl (C=O) groups excluding carboxylic acids is 2. The van der Waals surface area contributed by atoms with E-state index in [0.29, 0.717) is 12.3 Å². The van der Waals surface area contributed by atoms with Crippen LogP contribution in [0, 0.1) is 35.3 Å². The molecule has 0 aliphatic heterocycles. The molecule has 1 saturated carbocycles. The van der Waals surface area contributed by atoms with Crippen molar-refractivity contribution >= 4 is 72.1 Å². The summed E-state index contributed by atoms with van der Waals surface area (Å²) in [4.78, 5) is 55.1. The molecule has 0 saturated heterocycles. The number of amides is 2. The van der Waals surface area contributed by atoms with Crippen molar-refractivity contribution in [1.82, 2.24) is 29.9 Å². The van der Waals surface area contributed by atoms with Gasteiger partial charge in [0.1, 0.15) is 40.9 Å². The van der Waals surface area contributed by atoms with E-state index in [2.05, 4.69) is 32.3 Å². The highest BCUT2D eigenvalue weighted by molar-refractivity contribution is 7.93. The zero-order valence-electron chi connectivity index (χ0n) is 39.3. The lowest BCUT2D eigenvalue weighted by Crippen LogP contribution is -2.38. The van der Waals surface area contributed by atoms with E-state index in [1.165, 1.54) is 13.8 Å². The Labute approximate surface area is 427 Å². The molecule has 7 rings (SSSR count). The number of anilines is 1. The van der Waals surface area contributed by atoms with Gasteiger partial charge in [0.15, 0.2) is 27.3 Å². The zero-order chi connectivity index (χ0) is 56.6. The van der Waals surface area contributed by atoms with Crippen LogP contribution < -0.4 is 9.62 Å². The number of fused-ring (bicyclic) bond motifs is 4. The summed E-state index contributed by atoms with van der Waals surface area (Å²) in [6.45, 7) is -2.14. The normalized spacial score (nSPS) is 16.6. The van der Waals surface area contributed by atoms with E-state index in [-0.39, 0.29) is 31.3 Å². The SMILES string of the molecule is CC(C)(C#Cc1ccc(-c2ccc(Cl)c3c(N(C(=O)OCCC(C(=O)O)C(=O)O)S(C)(=O)=O)nn(CC(F)(F)F)c23)c([C@H](Cc2cc(F)cc(F)c2)NC(=O)Cn2nc(C(F)(F)F)c3c2C(F)(F)[C@@H]2C[C@H]32)n1)S(C)(=O)=O. The number of nitrogens with zero attached hydrogens (tertiary/aromatic N) is 6. The Kier molecular flexibility index (Phi) is 14.8. The minimum absolute atomic E-state index is 0.130. The number of sulfone groups is 1. The number of pyridine rings is 1. The van der Waals surface area contributed by atoms with Crippen LogP contribution in [-0.4, -0.2) is 106 Å². The monoisotopic (exact) mass is 1140 g/mol. The van der Waals surface area contributed by atoms with Gasteiger partial charge < -0.3 is 20.3 Å². The van der Waals surface area contributed by atoms with E-state index in [1.54, 1.807) is 0 Å². The van der Waals surface area contributed by atoms with Gasteiger partial charge in [-0.05, 0) is 74.4 Å². The molecule has 2 aliphatic carbocycles. The van der Waals surface area contributed by atoms with E-state index in [9.17, 15) is 81.4 Å². The van der Waals surface area contributed by atoms with E-state index in [4.69, 9.17) is 16.3 Å². The molecule has 2 aliphatic rings. The summed E-state index contributed by atoms with van der Waals surface area (Å²) in [7, 11) is -9.01. The molecule has 3 atom stereocenters. The molecule has 2 amide bonds. The second-order valence-corrected chi connectivity index (χ2v) is 23.0. The van der Waals surface area contributed by atoms with E-state index in [0.717, 1.165) is 42.7 Å². The van der Waals surface area contributed by atoms with Gasteiger partial charge in [-0.2, -0.15) is 49.6 Å². The van der Waals surface area contributed by atoms with Crippen LogP contribution in [0.1, 0.15) is 72.6 Å². The average Bonchev–Trinajstić information content (AvgIpc) is 3.78. The number of ether oxygens (including phenoxy) is 1. The molecule has 0 radical (unpaired) electrons. The minimum Gasteiger partial charge on any atom is -0.481 e. The number of aliphatic carboxylic acids is 2. The number of hydrogen-bond acceptors (Lipinski definition) is 12. The fourth-order valence-corrected chi connectivity index (χ4v) is 9.69. The number of alkyl halides is 8. The second-order valence-electron chi connectivity index (χ2n) is 18.2. The lowest BCUT2D eigenvalue weighted by atomic mass is 9.93. The Balaban J connectivity index is 1.46. The first-order valence-corrected chi connectivity index (χ1v) is 26.0. The topological polar surface area (TPSA) is 250 Å². The summed E-state index contributed by atoms with van der Waals surface area (Å²) in [6, 6.07) is 4.23. The number of nitrogens with one attached hydrogen (secondary N) is 1. The fraction of sp³-hybridized carbons (Fsp3) is 0.400. The third kappa shape index (κ3) is 11.5. The van der Waals surface area contributed by atoms with Gasteiger partial charge in [-0.3, -0.25) is 23.7 Å². The molecule has 0 unspecified atom stereocenters. The Hall–Kier alpha value is -7.00. The highest BCUT2D eigenvalue weighted by Crippen LogP contribution is 2.68. The zero-order valence-corrected chi connectivity index (χ0v) is 41.7. The molecule has 3 aromatic heterocycles. The molecule has 5 aromatic rings. The van der Waals surface area contributed by atoms with Crippen LogP contribution in [0.15, 0.2) is 42.5 Å². The van der Waals surface area contributed by atoms with E-state index < -0.39 is 190 Å². The Morgan fingerprint density at radius 2 is 1.55 bits per heavy atom. The number of carbonyl (C=O) groups is 4. The average molecular weight is 1140 g/mol. The molecule has 2 aromatic carbocycles. The summed E-state index contributed by atoms with van der Waals surface area (Å²) in [5.41, 5.74) is -6.56. The van der Waals surface area contributed by atoms with Crippen LogP contribution in [0.4, 0.5) is 54.5 Å². The number of carboxylic acids is 2. The van der Waals surface area contributed by atoms with Crippen molar-refractivity contribution in [1.29, 1.82) is 0 Å². The molecule has 1 fully saturated rings. The van der Waals surface area contributed by atoms with Gasteiger partial charge in [0, 0.05) is 41.4 Å². The third-order valence-corrected chi connectivity index (χ3v) is 15.5. The van der Waals surface area contributed by atoms with Crippen molar-refractivity contribution < 1.29 is 94.9 Å². The lowest BCUT2D eigenvalue weighted by Gasteiger charge is -2.23. The molecule has 3 heterocycles. The molecule has 3 N–H and O–H groups in total. The van der Waals surface area contributed by atoms with Crippen LogP contribution in [0.5, 0.6) is 0 Å². The van der Waals surface area contributed by atoms with Gasteiger partial charge >= 0.3 is 30.4 Å². The largest absolute Gasteiger partial charge is 0.481 e. The van der Waals surface area contributed by atoms with Gasteiger partial charge in [-0.25, -0.2) is 35.4 Å². The minimum atomic E-state index is -5.26. The van der Waals surface area contributed by atoms with Gasteiger partial charge in [0.05, 0.1) is 40.5 Å². The van der Waals surface area contributed by atoms with Crippen LogP contribution in [0.25, 0.3) is 22.0 Å². The van der Waals surface area contributed by atoms with Crippen LogP contribution >= 0.6 is 11.6 Å². The molecular formula is C45H38ClF10N7O11S2. The van der Waals surface area contributed by atoms with Crippen LogP contribution in [-0.2, 0) is 70.6 Å². The van der Waals surface area contributed by atoms with Gasteiger partial charge in [0.2, 0.25) is 15.9 Å². The van der Waals surface area contributed by atoms with Crippen molar-refractivity contribution in [2.45, 2.75) is 81.2 Å². The summed E-state index contributed by atoms with van der Waals surface area (Å²) >= 11 is 6.57. The smallest absolute Gasteiger partial charge is 0.435 e. The highest BCUT2D eigenvalue weighted by atomic mass is 35.5. The maximum Gasteiger partial charge on any atom is 0.435 e. The maximum atomic E-state index is 15.6. The molecule has 408 valence electrons. The van der Waals surface area contributed by atoms with Crippen molar-refractivity contribution in [3.8, 4) is 23.0 Å². The van der Waals surface area contributed by atoms with Crippen molar-refractivity contribution in [3.63, 3.8) is 0 Å². The summed E-state index contributed by atoms with van der Waals surface area (Å²) in [5, 5.41) is 26.6. The third-order valence-electron chi connectivity index (χ3n) is 12.2. The molecule has 0 spiro atoms. The summed E-state index contributed by atoms with van der Waals surface area (Å²) in [6.07, 6.45) is -13.2. The number of hydrogen-bond donors (Lipinski definition) is 3. The van der Waals surface area contributed by atoms with E-state index in [1.807, 2.05) is 0 Å². The van der Waals surface area contributed by atoms with Gasteiger partial charge in [-0.1, -0.05) is 23.6 Å². The first-order chi connectivity index (χ1) is 34.9. The molecule has 18 nitrogen and oxygen atoms in total. The maximum absolute atomic E-state index is 15.6. The number of halogens is 11. The highest BCUT2D eigenvalue weighted by Gasteiger charge is 2.68. The number of sulfonamides is 1. The van der Waals surface area contributed by atoms with Crippen molar-refractivity contribution in [2.75, 3.05) is 23.4 Å². The number of rotatable bonds is 16. The Morgan fingerprint density at radius 3 is 2.12 bits per heavy atom. The second kappa shape index (κ2) is 19.9. The number of carboxylic acid groups (broad SMARTS) is 2. The van der Waals surface area contributed by atoms with Gasteiger partial charge in [0.25, 0.3) is 5.92 Å². The summed E-state index contributed by atoms with van der Waals surface area (Å²) in [5.74, 6) is -12.5. The fourth-order valence-electron chi connectivity index (χ4n) is 8.45. The molecule has 31 heteroatoms. The first-order valence-electron chi connectivity index (χ1n) is 21.8. The quantitative estimate of drug-likeness (QED) is 0.0496. The van der Waals surface area contributed by atoms with Crippen molar-refractivity contribution in [2.24, 2.45) is 11.8 Å². The predicted octanol–water partition coefficient (Wildman–Crippen LogP) is 7.37. The van der Waals surface area contributed by atoms with E-state index >= 15 is 8.78 Å². The molecule has 76 heavy (non-hydrogen) atoms. The lowest BCUT2D eigenvalue weighted by molar-refractivity contribution is -0.155. The summed E-state index contributed by atoms with van der Waals surface area (Å²) < 4.78 is 202. The standard InChI is InChI=1S/C45H38ClF10N7O11S2/c1-42(2,75(3,70)71)11-9-23-5-6-24(25-7-8-29(46)33-35(25)62(19-43(49,50)51)60-38(33)63(76(4,72)73)41(69)74-12-10-26(39(65)66)40(67)68)34(57-23)30(15-20-13-21(47)16-22(48)14-20)58-31(64)18-61-37-32(36(59-61)45(54,55)56)27-17-28(27)44(37,52)53/h5-8,13-14,16,26-28,30H,10,12,15,17-19H2,1-4H3,(H,58,64)(H,65,66)(H,67,68)/t27-,28+,30-/m0/s1. The van der Waals surface area contributed by atoms with Crippen molar-refractivity contribution in [3.05, 3.63) is 93.0 Å². The van der Waals surface area contributed by atoms with Crippen LogP contribution in [0.3, 0.4) is 0 Å². The molecule has 0 bridgehead atoms. The van der Waals surface area contributed by atoms with Crippen LogP contribution in [0.2, 0.25) is 5.02 Å². The first kappa shape index (κ1) is 56.7. The molecular weight excluding hydrogens is 1100 g/mol.